The number of esters is 1. The number of carbonyl (C=O) groups excluding carboxylic acids is 1. The van der Waals surface area contributed by atoms with Gasteiger partial charge in [-0.05, 0) is 49.3 Å². The molecular weight excluding hydrogens is 429 g/mol. The van der Waals surface area contributed by atoms with Gasteiger partial charge in [-0.2, -0.15) is 0 Å². The van der Waals surface area contributed by atoms with Crippen molar-refractivity contribution in [2.45, 2.75) is 20.3 Å². The van der Waals surface area contributed by atoms with Crippen molar-refractivity contribution in [3.8, 4) is 16.9 Å². The zero-order valence-electron chi connectivity index (χ0n) is 15.6. The molecule has 2 aromatic rings. The van der Waals surface area contributed by atoms with Gasteiger partial charge < -0.3 is 14.4 Å². The van der Waals surface area contributed by atoms with Crippen molar-refractivity contribution in [1.82, 2.24) is 4.90 Å². The van der Waals surface area contributed by atoms with Gasteiger partial charge in [0.2, 0.25) is 0 Å². The van der Waals surface area contributed by atoms with E-state index in [1.54, 1.807) is 18.2 Å². The Labute approximate surface area is 180 Å². The third-order valence-corrected chi connectivity index (χ3v) is 5.56. The molecule has 0 saturated carbocycles. The molecule has 150 valence electrons. The number of ether oxygens (including phenoxy) is 2. The largest absolute Gasteiger partial charge is 0.493 e. The maximum atomic E-state index is 12.0. The van der Waals surface area contributed by atoms with Crippen molar-refractivity contribution >= 4 is 52.9 Å². The molecule has 0 bridgehead atoms. The van der Waals surface area contributed by atoms with Gasteiger partial charge in [0.25, 0.3) is 0 Å². The summed E-state index contributed by atoms with van der Waals surface area (Å²) in [6.45, 7) is 7.88. The molecule has 8 heteroatoms. The Balaban J connectivity index is 0.00000364. The lowest BCUT2D eigenvalue weighted by Gasteiger charge is -2.18. The summed E-state index contributed by atoms with van der Waals surface area (Å²) in [5.41, 5.74) is 1.97. The standard InChI is InChI=1S/C19H23Cl2NO3S.ClH/c1-4-22(5-2)7-6-8-25-15-10-13(9-14(11-15)19(23)24-3)16-12-17(20)26-18(16)21;/h9-12H,4-8H2,1-3H3;1H. The fourth-order valence-corrected chi connectivity index (χ4v) is 4.14. The average molecular weight is 453 g/mol. The van der Waals surface area contributed by atoms with Crippen molar-refractivity contribution in [3.05, 3.63) is 38.5 Å². The molecule has 0 saturated heterocycles. The number of hydrogen-bond donors (Lipinski definition) is 0. The smallest absolute Gasteiger partial charge is 0.338 e. The lowest BCUT2D eigenvalue weighted by molar-refractivity contribution is 0.0600. The first-order valence-electron chi connectivity index (χ1n) is 8.52. The first-order chi connectivity index (χ1) is 12.5. The van der Waals surface area contributed by atoms with Crippen LogP contribution < -0.4 is 4.74 Å². The first kappa shape index (κ1) is 24.1. The molecule has 27 heavy (non-hydrogen) atoms. The Morgan fingerprint density at radius 3 is 2.41 bits per heavy atom. The summed E-state index contributed by atoms with van der Waals surface area (Å²) in [5.74, 6) is 0.193. The van der Waals surface area contributed by atoms with Crippen molar-refractivity contribution in [3.63, 3.8) is 0 Å². The lowest BCUT2D eigenvalue weighted by atomic mass is 10.1. The average Bonchev–Trinajstić information content (AvgIpc) is 2.99. The molecular formula is C19H24Cl3NO3S. The third kappa shape index (κ3) is 6.84. The van der Waals surface area contributed by atoms with Gasteiger partial charge in [0.05, 0.1) is 23.6 Å². The Kier molecular flexibility index (Phi) is 10.5. The predicted octanol–water partition coefficient (Wildman–Crippen LogP) is 6.04. The highest BCUT2D eigenvalue weighted by molar-refractivity contribution is 7.20. The number of hydrogen-bond acceptors (Lipinski definition) is 5. The first-order valence-corrected chi connectivity index (χ1v) is 10.1. The van der Waals surface area contributed by atoms with Gasteiger partial charge in [-0.25, -0.2) is 4.79 Å². The Bertz CT molecular complexity index is 748. The van der Waals surface area contributed by atoms with Gasteiger partial charge in [-0.1, -0.05) is 37.0 Å². The van der Waals surface area contributed by atoms with Gasteiger partial charge in [0.15, 0.2) is 0 Å². The highest BCUT2D eigenvalue weighted by atomic mass is 35.5. The minimum atomic E-state index is -0.419. The van der Waals surface area contributed by atoms with Crippen LogP contribution in [0.2, 0.25) is 8.67 Å². The van der Waals surface area contributed by atoms with Gasteiger partial charge in [0, 0.05) is 12.1 Å². The number of carbonyl (C=O) groups is 1. The molecule has 0 spiro atoms. The Hall–Kier alpha value is -0.980. The molecule has 2 rings (SSSR count). The summed E-state index contributed by atoms with van der Waals surface area (Å²) >= 11 is 13.6. The van der Waals surface area contributed by atoms with E-state index in [1.807, 2.05) is 6.07 Å². The zero-order valence-corrected chi connectivity index (χ0v) is 18.7. The SMILES string of the molecule is CCN(CC)CCCOc1cc(C(=O)OC)cc(-c2cc(Cl)sc2Cl)c1.Cl. The predicted molar refractivity (Wildman–Crippen MR) is 116 cm³/mol. The van der Waals surface area contributed by atoms with Crippen LogP contribution in [-0.4, -0.2) is 44.2 Å². The second-order valence-electron chi connectivity index (χ2n) is 5.70. The maximum absolute atomic E-state index is 12.0. The minimum Gasteiger partial charge on any atom is -0.493 e. The van der Waals surface area contributed by atoms with Crippen LogP contribution >= 0.6 is 46.9 Å². The molecule has 0 aliphatic carbocycles. The van der Waals surface area contributed by atoms with Crippen LogP contribution in [-0.2, 0) is 4.74 Å². The van der Waals surface area contributed by atoms with Crippen LogP contribution in [0.5, 0.6) is 5.75 Å². The fourth-order valence-electron chi connectivity index (χ4n) is 2.63. The molecule has 4 nitrogen and oxygen atoms in total. The Morgan fingerprint density at radius 1 is 1.15 bits per heavy atom. The number of methoxy groups -OCH3 is 1. The second kappa shape index (κ2) is 11.8. The molecule has 0 aliphatic rings. The molecule has 0 aliphatic heterocycles. The number of nitrogens with zero attached hydrogens (tertiary/aromatic N) is 1. The molecule has 0 fully saturated rings. The van der Waals surface area contributed by atoms with Crippen LogP contribution in [0.25, 0.3) is 11.1 Å². The van der Waals surface area contributed by atoms with Gasteiger partial charge in [-0.3, -0.25) is 0 Å². The van der Waals surface area contributed by atoms with Crippen molar-refractivity contribution in [2.24, 2.45) is 0 Å². The van der Waals surface area contributed by atoms with E-state index in [-0.39, 0.29) is 12.4 Å². The topological polar surface area (TPSA) is 38.8 Å². The number of benzene rings is 1. The summed E-state index contributed by atoms with van der Waals surface area (Å²) in [5, 5.41) is 0. The van der Waals surface area contributed by atoms with E-state index in [0.29, 0.717) is 26.6 Å². The zero-order chi connectivity index (χ0) is 19.1. The summed E-state index contributed by atoms with van der Waals surface area (Å²) < 4.78 is 11.9. The van der Waals surface area contributed by atoms with Gasteiger partial charge in [0.1, 0.15) is 10.1 Å². The van der Waals surface area contributed by atoms with Crippen molar-refractivity contribution < 1.29 is 14.3 Å². The van der Waals surface area contributed by atoms with Crippen LogP contribution in [0.15, 0.2) is 24.3 Å². The molecule has 0 N–H and O–H groups in total. The van der Waals surface area contributed by atoms with Gasteiger partial charge >= 0.3 is 5.97 Å². The molecule has 1 aromatic carbocycles. The highest BCUT2D eigenvalue weighted by Gasteiger charge is 2.14. The van der Waals surface area contributed by atoms with E-state index in [4.69, 9.17) is 32.7 Å². The van der Waals surface area contributed by atoms with E-state index >= 15 is 0 Å². The summed E-state index contributed by atoms with van der Waals surface area (Å²) in [6.07, 6.45) is 0.907. The summed E-state index contributed by atoms with van der Waals surface area (Å²) in [7, 11) is 1.36. The maximum Gasteiger partial charge on any atom is 0.338 e. The van der Waals surface area contributed by atoms with Crippen molar-refractivity contribution in [2.75, 3.05) is 33.4 Å². The monoisotopic (exact) mass is 451 g/mol. The Morgan fingerprint density at radius 2 is 1.85 bits per heavy atom. The fraction of sp³-hybridized carbons (Fsp3) is 0.421. The molecule has 0 amide bonds. The van der Waals surface area contributed by atoms with E-state index in [2.05, 4.69) is 18.7 Å². The lowest BCUT2D eigenvalue weighted by Crippen LogP contribution is -2.25. The highest BCUT2D eigenvalue weighted by Crippen LogP contribution is 2.39. The second-order valence-corrected chi connectivity index (χ2v) is 7.99. The molecule has 0 atom stereocenters. The van der Waals surface area contributed by atoms with Crippen LogP contribution in [0.4, 0.5) is 0 Å². The van der Waals surface area contributed by atoms with Crippen molar-refractivity contribution in [1.29, 1.82) is 0 Å². The summed E-state index contributed by atoms with van der Waals surface area (Å²) in [4.78, 5) is 14.3. The van der Waals surface area contributed by atoms with Crippen LogP contribution in [0.3, 0.4) is 0 Å². The van der Waals surface area contributed by atoms with E-state index < -0.39 is 5.97 Å². The third-order valence-electron chi connectivity index (χ3n) is 4.08. The molecule has 1 heterocycles. The van der Waals surface area contributed by atoms with E-state index in [0.717, 1.165) is 37.2 Å². The number of rotatable bonds is 9. The van der Waals surface area contributed by atoms with Gasteiger partial charge in [-0.15, -0.1) is 23.7 Å². The van der Waals surface area contributed by atoms with E-state index in [9.17, 15) is 4.79 Å². The quantitative estimate of drug-likeness (QED) is 0.343. The van der Waals surface area contributed by atoms with Crippen LogP contribution in [0, 0.1) is 0 Å². The summed E-state index contributed by atoms with van der Waals surface area (Å²) in [6, 6.07) is 7.08. The number of thiophene rings is 1. The molecule has 1 aromatic heterocycles. The number of halogens is 3. The molecule has 0 radical (unpaired) electrons. The van der Waals surface area contributed by atoms with Crippen LogP contribution in [0.1, 0.15) is 30.6 Å². The molecule has 0 unspecified atom stereocenters. The normalized spacial score (nSPS) is 10.6. The van der Waals surface area contributed by atoms with E-state index in [1.165, 1.54) is 18.4 Å². The minimum absolute atomic E-state index is 0.